The van der Waals surface area contributed by atoms with Crippen LogP contribution in [0.5, 0.6) is 0 Å². The largest absolute Gasteiger partial charge is 0.389 e. The second-order valence-electron chi connectivity index (χ2n) is 3.76. The van der Waals surface area contributed by atoms with Gasteiger partial charge in [0.05, 0.1) is 11.4 Å². The average Bonchev–Trinajstić information content (AvgIpc) is 2.20. The Bertz CT molecular complexity index is 548. The number of benzene rings is 1. The van der Waals surface area contributed by atoms with E-state index in [1.54, 1.807) is 6.07 Å². The van der Waals surface area contributed by atoms with Crippen molar-refractivity contribution in [2.75, 3.05) is 10.5 Å². The van der Waals surface area contributed by atoms with Crippen molar-refractivity contribution >= 4 is 49.9 Å². The smallest absolute Gasteiger partial charge is 0.282 e. The number of halogens is 5. The van der Waals surface area contributed by atoms with Gasteiger partial charge in [-0.15, -0.1) is 0 Å². The molecule has 1 aromatic rings. The molecule has 0 saturated heterocycles. The van der Waals surface area contributed by atoms with Crippen LogP contribution in [0.15, 0.2) is 18.2 Å². The average molecular weight is 428 g/mol. The molecule has 0 fully saturated rings. The lowest BCUT2D eigenvalue weighted by Crippen LogP contribution is -2.19. The quantitative estimate of drug-likeness (QED) is 0.721. The molecule has 0 aliphatic heterocycles. The van der Waals surface area contributed by atoms with E-state index in [0.29, 0.717) is 14.3 Å². The van der Waals surface area contributed by atoms with Crippen LogP contribution >= 0.6 is 34.2 Å². The number of anilines is 1. The summed E-state index contributed by atoms with van der Waals surface area (Å²) in [6, 6.07) is 4.51. The van der Waals surface area contributed by atoms with Crippen LogP contribution < -0.4 is 4.72 Å². The number of sulfonamides is 1. The number of rotatable bonds is 5. The summed E-state index contributed by atoms with van der Waals surface area (Å²) in [5, 5.41) is 0.449. The van der Waals surface area contributed by atoms with Crippen LogP contribution in [0.3, 0.4) is 0 Å². The maximum atomic E-state index is 11.9. The number of hydrogen-bond donors (Lipinski definition) is 1. The molecule has 0 aliphatic carbocycles. The van der Waals surface area contributed by atoms with Crippen molar-refractivity contribution < 1.29 is 21.6 Å². The molecule has 0 saturated carbocycles. The lowest BCUT2D eigenvalue weighted by Gasteiger charge is -2.10. The summed E-state index contributed by atoms with van der Waals surface area (Å²) in [6.45, 7) is 0. The Morgan fingerprint density at radius 1 is 1.32 bits per heavy atom. The molecular weight excluding hydrogens is 418 g/mol. The maximum absolute atomic E-state index is 11.9. The lowest BCUT2D eigenvalue weighted by molar-refractivity contribution is -0.134. The van der Waals surface area contributed by atoms with Gasteiger partial charge in [0, 0.05) is 15.0 Å². The monoisotopic (exact) mass is 427 g/mol. The minimum atomic E-state index is -4.34. The molecule has 0 heterocycles. The molecule has 19 heavy (non-hydrogen) atoms. The van der Waals surface area contributed by atoms with E-state index in [4.69, 9.17) is 11.6 Å². The van der Waals surface area contributed by atoms with E-state index >= 15 is 0 Å². The Morgan fingerprint density at radius 2 is 1.95 bits per heavy atom. The van der Waals surface area contributed by atoms with Gasteiger partial charge in [-0.1, -0.05) is 11.6 Å². The van der Waals surface area contributed by atoms with Gasteiger partial charge >= 0.3 is 6.18 Å². The molecule has 3 nitrogen and oxygen atoms in total. The molecule has 0 bridgehead atoms. The van der Waals surface area contributed by atoms with Gasteiger partial charge in [-0.05, 0) is 47.2 Å². The van der Waals surface area contributed by atoms with Gasteiger partial charge in [0.2, 0.25) is 10.0 Å². The third kappa shape index (κ3) is 6.66. The molecule has 0 amide bonds. The minimum absolute atomic E-state index is 0.303. The van der Waals surface area contributed by atoms with E-state index in [1.165, 1.54) is 12.1 Å². The van der Waals surface area contributed by atoms with Crippen LogP contribution in [-0.2, 0) is 10.0 Å². The van der Waals surface area contributed by atoms with Gasteiger partial charge in [-0.25, -0.2) is 8.42 Å². The zero-order valence-corrected chi connectivity index (χ0v) is 13.2. The molecule has 108 valence electrons. The van der Waals surface area contributed by atoms with Crippen molar-refractivity contribution in [2.45, 2.75) is 19.0 Å². The number of alkyl halides is 3. The summed E-state index contributed by atoms with van der Waals surface area (Å²) in [5.74, 6) is -0.578. The minimum Gasteiger partial charge on any atom is -0.282 e. The molecule has 0 aliphatic rings. The highest BCUT2D eigenvalue weighted by Crippen LogP contribution is 2.24. The van der Waals surface area contributed by atoms with Crippen molar-refractivity contribution in [3.63, 3.8) is 0 Å². The molecule has 1 N–H and O–H groups in total. The summed E-state index contributed by atoms with van der Waals surface area (Å²) in [6.07, 6.45) is -5.93. The van der Waals surface area contributed by atoms with E-state index in [2.05, 4.69) is 4.72 Å². The number of nitrogens with one attached hydrogen (secondary N) is 1. The van der Waals surface area contributed by atoms with E-state index in [9.17, 15) is 21.6 Å². The Balaban J connectivity index is 2.64. The summed E-state index contributed by atoms with van der Waals surface area (Å²) in [7, 11) is -3.79. The Hall–Kier alpha value is -0.220. The summed E-state index contributed by atoms with van der Waals surface area (Å²) < 4.78 is 61.8. The van der Waals surface area contributed by atoms with Gasteiger partial charge in [-0.3, -0.25) is 4.72 Å². The van der Waals surface area contributed by atoms with Crippen LogP contribution in [0.1, 0.15) is 12.8 Å². The molecule has 0 unspecified atom stereocenters. The Morgan fingerprint density at radius 3 is 2.47 bits per heavy atom. The molecule has 9 heteroatoms. The SMILES string of the molecule is O=S(=O)(CCCC(F)(F)F)Nc1ccc(Cl)cc1I. The zero-order valence-electron chi connectivity index (χ0n) is 9.47. The fourth-order valence-electron chi connectivity index (χ4n) is 1.25. The first-order valence-corrected chi connectivity index (χ1v) is 8.22. The maximum Gasteiger partial charge on any atom is 0.389 e. The first-order chi connectivity index (χ1) is 8.59. The predicted octanol–water partition coefficient (Wildman–Crippen LogP) is 4.03. The highest BCUT2D eigenvalue weighted by Gasteiger charge is 2.27. The molecule has 0 aromatic heterocycles. The van der Waals surface area contributed by atoms with Gasteiger partial charge in [0.25, 0.3) is 0 Å². The van der Waals surface area contributed by atoms with E-state index in [-0.39, 0.29) is 0 Å². The first-order valence-electron chi connectivity index (χ1n) is 5.11. The van der Waals surface area contributed by atoms with Crippen LogP contribution in [0.2, 0.25) is 5.02 Å². The fourth-order valence-corrected chi connectivity index (χ4v) is 3.58. The van der Waals surface area contributed by atoms with Crippen molar-refractivity contribution in [1.29, 1.82) is 0 Å². The van der Waals surface area contributed by atoms with Gasteiger partial charge in [-0.2, -0.15) is 13.2 Å². The van der Waals surface area contributed by atoms with Crippen LogP contribution in [0.4, 0.5) is 18.9 Å². The summed E-state index contributed by atoms with van der Waals surface area (Å²) >= 11 is 7.60. The molecule has 0 spiro atoms. The predicted molar refractivity (Wildman–Crippen MR) is 76.9 cm³/mol. The second kappa shape index (κ2) is 6.49. The van der Waals surface area contributed by atoms with Crippen LogP contribution in [0.25, 0.3) is 0 Å². The standard InChI is InChI=1S/C10H10ClF3INO2S/c11-7-2-3-9(8(15)6-7)16-19(17,18)5-1-4-10(12,13)14/h2-3,6,16H,1,4-5H2. The lowest BCUT2D eigenvalue weighted by atomic mass is 10.3. The number of hydrogen-bond acceptors (Lipinski definition) is 2. The third-order valence-electron chi connectivity index (χ3n) is 2.07. The van der Waals surface area contributed by atoms with Crippen LogP contribution in [-0.4, -0.2) is 20.3 Å². The van der Waals surface area contributed by atoms with Gasteiger partial charge in [0.1, 0.15) is 0 Å². The van der Waals surface area contributed by atoms with Crippen molar-refractivity contribution in [3.05, 3.63) is 26.8 Å². The highest BCUT2D eigenvalue weighted by atomic mass is 127. The Labute approximate surface area is 127 Å². The Kier molecular flexibility index (Phi) is 5.75. The summed E-state index contributed by atoms with van der Waals surface area (Å²) in [4.78, 5) is 0. The fraction of sp³-hybridized carbons (Fsp3) is 0.400. The van der Waals surface area contributed by atoms with E-state index in [1.807, 2.05) is 22.6 Å². The van der Waals surface area contributed by atoms with Crippen molar-refractivity contribution in [3.8, 4) is 0 Å². The molecule has 0 radical (unpaired) electrons. The topological polar surface area (TPSA) is 46.2 Å². The van der Waals surface area contributed by atoms with Gasteiger partial charge < -0.3 is 0 Å². The van der Waals surface area contributed by atoms with E-state index < -0.39 is 34.8 Å². The highest BCUT2D eigenvalue weighted by molar-refractivity contribution is 14.1. The van der Waals surface area contributed by atoms with E-state index in [0.717, 1.165) is 0 Å². The molecule has 1 rings (SSSR count). The van der Waals surface area contributed by atoms with Crippen molar-refractivity contribution in [1.82, 2.24) is 0 Å². The summed E-state index contributed by atoms with van der Waals surface area (Å²) in [5.41, 5.74) is 0.303. The second-order valence-corrected chi connectivity index (χ2v) is 7.20. The molecule has 0 atom stereocenters. The van der Waals surface area contributed by atoms with Crippen LogP contribution in [0, 0.1) is 3.57 Å². The normalized spacial score (nSPS) is 12.5. The third-order valence-corrected chi connectivity index (χ3v) is 4.55. The zero-order chi connectivity index (χ0) is 14.7. The van der Waals surface area contributed by atoms with Gasteiger partial charge in [0.15, 0.2) is 0 Å². The molecule has 1 aromatic carbocycles. The molecular formula is C10H10ClF3INO2S. The first kappa shape index (κ1) is 16.8. The van der Waals surface area contributed by atoms with Crippen molar-refractivity contribution in [2.24, 2.45) is 0 Å².